The monoisotopic (exact) mass is 412 g/mol. The van der Waals surface area contributed by atoms with Gasteiger partial charge in [0.1, 0.15) is 5.82 Å². The molecule has 0 amide bonds. The highest BCUT2D eigenvalue weighted by Crippen LogP contribution is 2.28. The molecule has 0 bridgehead atoms. The van der Waals surface area contributed by atoms with Crippen molar-refractivity contribution in [1.82, 2.24) is 24.5 Å². The Bertz CT molecular complexity index is 922. The van der Waals surface area contributed by atoms with E-state index in [9.17, 15) is 0 Å². The van der Waals surface area contributed by atoms with Crippen molar-refractivity contribution in [1.29, 1.82) is 0 Å². The fourth-order valence-electron chi connectivity index (χ4n) is 3.49. The molecule has 1 fully saturated rings. The van der Waals surface area contributed by atoms with Gasteiger partial charge in [0, 0.05) is 49.3 Å². The second-order valence-corrected chi connectivity index (χ2v) is 7.71. The molecule has 152 valence electrons. The Morgan fingerprint density at radius 2 is 2.03 bits per heavy atom. The van der Waals surface area contributed by atoms with E-state index < -0.39 is 0 Å². The van der Waals surface area contributed by atoms with E-state index in [4.69, 9.17) is 17.3 Å². The molecule has 1 aliphatic rings. The zero-order chi connectivity index (χ0) is 20.1. The van der Waals surface area contributed by atoms with Crippen LogP contribution in [0.1, 0.15) is 25.7 Å². The smallest absolute Gasteiger partial charge is 0.223 e. The Hall–Kier alpha value is -2.71. The van der Waals surface area contributed by atoms with Gasteiger partial charge in [0.15, 0.2) is 0 Å². The van der Waals surface area contributed by atoms with E-state index >= 15 is 0 Å². The normalized spacial score (nSPS) is 19.1. The van der Waals surface area contributed by atoms with Crippen molar-refractivity contribution < 1.29 is 0 Å². The van der Waals surface area contributed by atoms with Gasteiger partial charge in [-0.1, -0.05) is 11.6 Å². The molecule has 29 heavy (non-hydrogen) atoms. The van der Waals surface area contributed by atoms with Crippen LogP contribution in [0.15, 0.2) is 43.2 Å². The molecule has 1 aliphatic carbocycles. The second-order valence-electron chi connectivity index (χ2n) is 7.30. The van der Waals surface area contributed by atoms with Crippen molar-refractivity contribution >= 4 is 23.4 Å². The summed E-state index contributed by atoms with van der Waals surface area (Å²) in [5.41, 5.74) is 7.58. The molecule has 3 heterocycles. The highest BCUT2D eigenvalue weighted by Gasteiger charge is 2.19. The number of halogens is 1. The first kappa shape index (κ1) is 19.6. The van der Waals surface area contributed by atoms with Crippen LogP contribution >= 0.6 is 11.6 Å². The standard InChI is InChI=1S/C20H25ClN8/c21-17-12-26-20(27-16-3-1-15(22)2-4-16)28-19(17)14-5-6-24-18(11-14)25-8-10-29-9-7-23-13-29/h5-7,9,11-13,15-16H,1-4,8,10,22H2,(H,24,25)(H,26,27,28). The Morgan fingerprint density at radius 3 is 2.83 bits per heavy atom. The highest BCUT2D eigenvalue weighted by atomic mass is 35.5. The number of nitrogens with two attached hydrogens (primary N) is 1. The number of imidazole rings is 1. The summed E-state index contributed by atoms with van der Waals surface area (Å²) < 4.78 is 2.01. The number of anilines is 2. The van der Waals surface area contributed by atoms with Gasteiger partial charge in [-0.05, 0) is 37.8 Å². The van der Waals surface area contributed by atoms with E-state index in [2.05, 4.69) is 30.6 Å². The molecule has 1 saturated carbocycles. The molecule has 0 spiro atoms. The zero-order valence-electron chi connectivity index (χ0n) is 16.1. The topological polar surface area (TPSA) is 107 Å². The van der Waals surface area contributed by atoms with Crippen molar-refractivity contribution in [3.8, 4) is 11.3 Å². The zero-order valence-corrected chi connectivity index (χ0v) is 16.9. The third-order valence-corrected chi connectivity index (χ3v) is 5.39. The van der Waals surface area contributed by atoms with E-state index in [1.54, 1.807) is 24.9 Å². The summed E-state index contributed by atoms with van der Waals surface area (Å²) in [6.07, 6.45) is 13.0. The summed E-state index contributed by atoms with van der Waals surface area (Å²) >= 11 is 6.40. The number of aromatic nitrogens is 5. The molecule has 8 nitrogen and oxygen atoms in total. The Morgan fingerprint density at radius 1 is 1.17 bits per heavy atom. The Kier molecular flexibility index (Phi) is 6.21. The van der Waals surface area contributed by atoms with Crippen molar-refractivity contribution in [3.63, 3.8) is 0 Å². The lowest BCUT2D eigenvalue weighted by molar-refractivity contribution is 0.410. The van der Waals surface area contributed by atoms with Gasteiger partial charge in [-0.15, -0.1) is 0 Å². The minimum atomic E-state index is 0.311. The Balaban J connectivity index is 1.44. The summed E-state index contributed by atoms with van der Waals surface area (Å²) in [5, 5.41) is 7.26. The first-order chi connectivity index (χ1) is 14.2. The van der Waals surface area contributed by atoms with Crippen LogP contribution in [0.25, 0.3) is 11.3 Å². The van der Waals surface area contributed by atoms with Gasteiger partial charge in [-0.25, -0.2) is 19.9 Å². The number of hydrogen-bond acceptors (Lipinski definition) is 7. The van der Waals surface area contributed by atoms with E-state index in [-0.39, 0.29) is 0 Å². The number of rotatable bonds is 7. The fourth-order valence-corrected chi connectivity index (χ4v) is 3.69. The maximum Gasteiger partial charge on any atom is 0.223 e. The van der Waals surface area contributed by atoms with Crippen molar-refractivity contribution in [3.05, 3.63) is 48.3 Å². The van der Waals surface area contributed by atoms with Crippen molar-refractivity contribution in [2.45, 2.75) is 44.3 Å². The van der Waals surface area contributed by atoms with E-state index in [1.807, 2.05) is 22.9 Å². The maximum absolute atomic E-state index is 6.40. The Labute approximate surface area is 174 Å². The summed E-state index contributed by atoms with van der Waals surface area (Å²) in [5.74, 6) is 1.37. The minimum absolute atomic E-state index is 0.311. The predicted octanol–water partition coefficient (Wildman–Crippen LogP) is 3.18. The lowest BCUT2D eigenvalue weighted by Gasteiger charge is -2.26. The van der Waals surface area contributed by atoms with Crippen molar-refractivity contribution in [2.75, 3.05) is 17.2 Å². The molecule has 0 aromatic carbocycles. The lowest BCUT2D eigenvalue weighted by atomic mass is 9.92. The molecular weight excluding hydrogens is 388 g/mol. The summed E-state index contributed by atoms with van der Waals surface area (Å²) in [6.45, 7) is 1.54. The van der Waals surface area contributed by atoms with Gasteiger partial charge in [0.2, 0.25) is 5.95 Å². The van der Waals surface area contributed by atoms with E-state index in [0.717, 1.165) is 50.2 Å². The predicted molar refractivity (Wildman–Crippen MR) is 115 cm³/mol. The van der Waals surface area contributed by atoms with Gasteiger partial charge in [0.25, 0.3) is 0 Å². The highest BCUT2D eigenvalue weighted by molar-refractivity contribution is 6.32. The quantitative estimate of drug-likeness (QED) is 0.547. The molecule has 3 aromatic rings. The summed E-state index contributed by atoms with van der Waals surface area (Å²) in [4.78, 5) is 17.4. The van der Waals surface area contributed by atoms with Crippen LogP contribution in [0.2, 0.25) is 5.02 Å². The molecule has 0 radical (unpaired) electrons. The van der Waals surface area contributed by atoms with Gasteiger partial charge in [0.05, 0.1) is 23.2 Å². The van der Waals surface area contributed by atoms with Crippen LogP contribution in [0, 0.1) is 0 Å². The molecule has 9 heteroatoms. The first-order valence-electron chi connectivity index (χ1n) is 9.88. The van der Waals surface area contributed by atoms with Gasteiger partial charge >= 0.3 is 0 Å². The summed E-state index contributed by atoms with van der Waals surface area (Å²) in [6, 6.07) is 4.51. The molecule has 3 aromatic heterocycles. The maximum atomic E-state index is 6.40. The average molecular weight is 413 g/mol. The molecule has 0 saturated heterocycles. The minimum Gasteiger partial charge on any atom is -0.368 e. The van der Waals surface area contributed by atoms with Crippen LogP contribution in [0.4, 0.5) is 11.8 Å². The molecule has 0 unspecified atom stereocenters. The van der Waals surface area contributed by atoms with Crippen LogP contribution in [-0.2, 0) is 6.54 Å². The van der Waals surface area contributed by atoms with E-state index in [1.165, 1.54) is 0 Å². The lowest BCUT2D eigenvalue weighted by Crippen LogP contribution is -2.33. The van der Waals surface area contributed by atoms with Crippen LogP contribution in [0.3, 0.4) is 0 Å². The average Bonchev–Trinajstić information content (AvgIpc) is 3.25. The third-order valence-electron chi connectivity index (χ3n) is 5.12. The SMILES string of the molecule is NC1CCC(Nc2ncc(Cl)c(-c3ccnc(NCCn4ccnc4)c3)n2)CC1. The molecule has 0 aliphatic heterocycles. The largest absolute Gasteiger partial charge is 0.368 e. The first-order valence-corrected chi connectivity index (χ1v) is 10.3. The van der Waals surface area contributed by atoms with Crippen molar-refractivity contribution in [2.24, 2.45) is 5.73 Å². The number of hydrogen-bond donors (Lipinski definition) is 3. The van der Waals surface area contributed by atoms with Gasteiger partial charge in [-0.2, -0.15) is 0 Å². The fraction of sp³-hybridized carbons (Fsp3) is 0.400. The van der Waals surface area contributed by atoms with Crippen LogP contribution < -0.4 is 16.4 Å². The van der Waals surface area contributed by atoms with Crippen LogP contribution in [0.5, 0.6) is 0 Å². The summed E-state index contributed by atoms with van der Waals surface area (Å²) in [7, 11) is 0. The van der Waals surface area contributed by atoms with Gasteiger partial charge in [-0.3, -0.25) is 0 Å². The van der Waals surface area contributed by atoms with E-state index in [0.29, 0.717) is 28.7 Å². The number of pyridine rings is 1. The molecule has 4 N–H and O–H groups in total. The molecule has 4 rings (SSSR count). The van der Waals surface area contributed by atoms with Crippen LogP contribution in [-0.4, -0.2) is 43.1 Å². The molecular formula is C20H25ClN8. The second kappa shape index (κ2) is 9.19. The third kappa shape index (κ3) is 5.21. The van der Waals surface area contributed by atoms with Gasteiger partial charge < -0.3 is 20.9 Å². The number of nitrogens with one attached hydrogen (secondary N) is 2. The molecule has 0 atom stereocenters. The number of nitrogens with zero attached hydrogens (tertiary/aromatic N) is 5.